The first-order valence-corrected chi connectivity index (χ1v) is 12.2. The molecule has 1 N–H and O–H groups in total. The Morgan fingerprint density at radius 2 is 1.50 bits per heavy atom. The molecule has 0 saturated heterocycles. The van der Waals surface area contributed by atoms with Crippen molar-refractivity contribution < 1.29 is 8.42 Å². The molecule has 1 aromatic heterocycles. The summed E-state index contributed by atoms with van der Waals surface area (Å²) in [6, 6.07) is 12.8. The minimum Gasteiger partial charge on any atom is -0.321 e. The summed E-state index contributed by atoms with van der Waals surface area (Å²) in [6.07, 6.45) is 0.598. The smallest absolute Gasteiger partial charge is 0.256 e. The number of sulfonamides is 1. The molecule has 170 valence electrons. The molecule has 1 aliphatic carbocycles. The van der Waals surface area contributed by atoms with Gasteiger partial charge in [-0.2, -0.15) is 4.31 Å². The normalized spacial score (nSPS) is 13.3. The molecule has 0 radical (unpaired) electrons. The number of aromatic amines is 1. The Bertz CT molecular complexity index is 1300. The van der Waals surface area contributed by atoms with Crippen LogP contribution in [0.3, 0.4) is 0 Å². The number of rotatable bonds is 8. The average molecular weight is 455 g/mol. The van der Waals surface area contributed by atoms with Crippen LogP contribution >= 0.6 is 0 Å². The van der Waals surface area contributed by atoms with Gasteiger partial charge in [0.2, 0.25) is 10.0 Å². The van der Waals surface area contributed by atoms with E-state index in [9.17, 15) is 13.2 Å². The van der Waals surface area contributed by atoms with Crippen molar-refractivity contribution in [1.82, 2.24) is 19.1 Å². The summed E-state index contributed by atoms with van der Waals surface area (Å²) in [5.74, 6) is 0. The quantitative estimate of drug-likeness (QED) is 0.442. The number of benzene rings is 2. The Kier molecular flexibility index (Phi) is 6.22. The number of likely N-dealkylation sites (N-methyl/N-ethyl adjacent to an activating group) is 2. The van der Waals surface area contributed by atoms with Crippen LogP contribution in [0.15, 0.2) is 52.2 Å². The second-order valence-electron chi connectivity index (χ2n) is 8.86. The Morgan fingerprint density at radius 3 is 2.12 bits per heavy atom. The maximum absolute atomic E-state index is 13.5. The summed E-state index contributed by atoms with van der Waals surface area (Å²) >= 11 is 0. The van der Waals surface area contributed by atoms with E-state index in [1.54, 1.807) is 16.4 Å². The van der Waals surface area contributed by atoms with Crippen molar-refractivity contribution in [2.45, 2.75) is 11.3 Å². The number of fused-ring (bicyclic) bond motifs is 5. The second-order valence-corrected chi connectivity index (χ2v) is 10.8. The Labute approximate surface area is 189 Å². The zero-order valence-corrected chi connectivity index (χ0v) is 19.9. The molecule has 4 rings (SSSR count). The van der Waals surface area contributed by atoms with Crippen molar-refractivity contribution in [3.05, 3.63) is 63.9 Å². The number of aromatic nitrogens is 1. The van der Waals surface area contributed by atoms with Gasteiger partial charge in [-0.15, -0.1) is 0 Å². The largest absolute Gasteiger partial charge is 0.321 e. The van der Waals surface area contributed by atoms with Crippen LogP contribution in [0.4, 0.5) is 0 Å². The summed E-state index contributed by atoms with van der Waals surface area (Å²) in [5, 5.41) is 1.58. The van der Waals surface area contributed by atoms with Gasteiger partial charge in [-0.1, -0.05) is 24.3 Å². The molecule has 1 heterocycles. The number of H-pyrrole nitrogens is 1. The van der Waals surface area contributed by atoms with E-state index in [1.807, 2.05) is 68.3 Å². The fraction of sp³-hybridized carbons (Fsp3) is 0.375. The van der Waals surface area contributed by atoms with Crippen molar-refractivity contribution in [3.8, 4) is 11.3 Å². The third-order valence-corrected chi connectivity index (χ3v) is 7.88. The van der Waals surface area contributed by atoms with E-state index in [0.717, 1.165) is 27.8 Å². The summed E-state index contributed by atoms with van der Waals surface area (Å²) < 4.78 is 28.6. The highest BCUT2D eigenvalue weighted by Gasteiger charge is 2.28. The van der Waals surface area contributed by atoms with Gasteiger partial charge in [0.15, 0.2) is 0 Å². The van der Waals surface area contributed by atoms with Crippen LogP contribution in [-0.4, -0.2) is 81.9 Å². The summed E-state index contributed by atoms with van der Waals surface area (Å²) in [4.78, 5) is 19.8. The lowest BCUT2D eigenvalue weighted by molar-refractivity contribution is 0.301. The first-order valence-electron chi connectivity index (χ1n) is 10.8. The molecule has 0 aliphatic heterocycles. The number of nitrogens with one attached hydrogen (secondary N) is 1. The number of hydrogen-bond acceptors (Lipinski definition) is 5. The highest BCUT2D eigenvalue weighted by molar-refractivity contribution is 7.89. The van der Waals surface area contributed by atoms with Gasteiger partial charge in [0.1, 0.15) is 0 Å². The zero-order valence-electron chi connectivity index (χ0n) is 19.1. The van der Waals surface area contributed by atoms with E-state index in [4.69, 9.17) is 0 Å². The molecule has 3 aromatic rings. The van der Waals surface area contributed by atoms with Gasteiger partial charge in [-0.3, -0.25) is 4.79 Å². The average Bonchev–Trinajstić information content (AvgIpc) is 3.11. The molecule has 8 heteroatoms. The lowest BCUT2D eigenvalue weighted by atomic mass is 10.0. The molecule has 0 saturated carbocycles. The molecular formula is C24H30N4O3S. The van der Waals surface area contributed by atoms with Gasteiger partial charge in [-0.05, 0) is 62.9 Å². The minimum atomic E-state index is -3.64. The number of hydrogen-bond donors (Lipinski definition) is 1. The Morgan fingerprint density at radius 1 is 0.875 bits per heavy atom. The van der Waals surface area contributed by atoms with Crippen molar-refractivity contribution >= 4 is 20.8 Å². The molecule has 0 spiro atoms. The summed E-state index contributed by atoms with van der Waals surface area (Å²) in [5.41, 5.74) is 3.54. The van der Waals surface area contributed by atoms with E-state index >= 15 is 0 Å². The molecule has 0 fully saturated rings. The topological polar surface area (TPSA) is 76.7 Å². The maximum atomic E-state index is 13.5. The summed E-state index contributed by atoms with van der Waals surface area (Å²) in [6.45, 7) is 2.16. The van der Waals surface area contributed by atoms with Gasteiger partial charge in [0.25, 0.3) is 5.56 Å². The standard InChI is InChI=1S/C24H30N4O3S/c1-26(2)11-13-28(14-12-27(3)4)32(30,31)18-9-10-19-17(15-18)16-22-20-7-5-6-8-21(20)24(29)25-23(19)22/h5-10,15H,11-14,16H2,1-4H3,(H,25,29). The predicted molar refractivity (Wildman–Crippen MR) is 129 cm³/mol. The van der Waals surface area contributed by atoms with Crippen LogP contribution in [0.2, 0.25) is 0 Å². The zero-order chi connectivity index (χ0) is 23.0. The second kappa shape index (κ2) is 8.78. The molecule has 2 aromatic carbocycles. The van der Waals surface area contributed by atoms with Crippen LogP contribution in [0.5, 0.6) is 0 Å². The molecule has 0 amide bonds. The fourth-order valence-electron chi connectivity index (χ4n) is 4.18. The van der Waals surface area contributed by atoms with E-state index in [1.165, 1.54) is 0 Å². The molecule has 7 nitrogen and oxygen atoms in total. The number of nitrogens with zero attached hydrogens (tertiary/aromatic N) is 3. The number of pyridine rings is 1. The maximum Gasteiger partial charge on any atom is 0.256 e. The van der Waals surface area contributed by atoms with Crippen molar-refractivity contribution in [3.63, 3.8) is 0 Å². The van der Waals surface area contributed by atoms with E-state index in [2.05, 4.69) is 4.98 Å². The summed E-state index contributed by atoms with van der Waals surface area (Å²) in [7, 11) is 4.11. The Hall–Kier alpha value is -2.52. The molecule has 0 atom stereocenters. The van der Waals surface area contributed by atoms with Crippen LogP contribution in [0.25, 0.3) is 22.0 Å². The third-order valence-electron chi connectivity index (χ3n) is 5.98. The first kappa shape index (κ1) is 22.7. The van der Waals surface area contributed by atoms with E-state index in [0.29, 0.717) is 42.9 Å². The van der Waals surface area contributed by atoms with Gasteiger partial charge in [0, 0.05) is 43.5 Å². The van der Waals surface area contributed by atoms with Crippen molar-refractivity contribution in [2.75, 3.05) is 54.4 Å². The van der Waals surface area contributed by atoms with E-state index in [-0.39, 0.29) is 5.56 Å². The van der Waals surface area contributed by atoms with Gasteiger partial charge in [-0.25, -0.2) is 8.42 Å². The predicted octanol–water partition coefficient (Wildman–Crippen LogP) is 2.21. The van der Waals surface area contributed by atoms with Gasteiger partial charge < -0.3 is 14.8 Å². The molecule has 0 unspecified atom stereocenters. The lowest BCUT2D eigenvalue weighted by Crippen LogP contribution is -2.40. The minimum absolute atomic E-state index is 0.123. The SMILES string of the molecule is CN(C)CCN(CCN(C)C)S(=O)(=O)c1ccc2c(c1)Cc1c-2[nH]c(=O)c2ccccc12. The van der Waals surface area contributed by atoms with Crippen LogP contribution in [0.1, 0.15) is 11.1 Å². The monoisotopic (exact) mass is 454 g/mol. The third kappa shape index (κ3) is 4.23. The molecule has 0 bridgehead atoms. The van der Waals surface area contributed by atoms with Crippen LogP contribution in [0, 0.1) is 0 Å². The molecule has 1 aliphatic rings. The van der Waals surface area contributed by atoms with Gasteiger partial charge >= 0.3 is 0 Å². The van der Waals surface area contributed by atoms with E-state index < -0.39 is 10.0 Å². The fourth-order valence-corrected chi connectivity index (χ4v) is 5.66. The highest BCUT2D eigenvalue weighted by Crippen LogP contribution is 2.39. The highest BCUT2D eigenvalue weighted by atomic mass is 32.2. The van der Waals surface area contributed by atoms with Crippen molar-refractivity contribution in [1.29, 1.82) is 0 Å². The molecular weight excluding hydrogens is 424 g/mol. The molecule has 32 heavy (non-hydrogen) atoms. The van der Waals surface area contributed by atoms with Crippen LogP contribution in [-0.2, 0) is 16.4 Å². The van der Waals surface area contributed by atoms with Crippen LogP contribution < -0.4 is 5.56 Å². The van der Waals surface area contributed by atoms with Gasteiger partial charge in [0.05, 0.1) is 10.6 Å². The lowest BCUT2D eigenvalue weighted by Gasteiger charge is -2.25. The van der Waals surface area contributed by atoms with Crippen molar-refractivity contribution in [2.24, 2.45) is 0 Å². The first-order chi connectivity index (χ1) is 15.2. The Balaban J connectivity index is 1.71.